The third kappa shape index (κ3) is 2.58. The number of benzene rings is 1. The van der Waals surface area contributed by atoms with Crippen molar-refractivity contribution in [3.8, 4) is 0 Å². The maximum atomic E-state index is 11.1. The monoisotopic (exact) mass is 235 g/mol. The quantitative estimate of drug-likeness (QED) is 0.836. The molecule has 1 fully saturated rings. The number of aliphatic hydroxyl groups excluding tert-OH is 1. The summed E-state index contributed by atoms with van der Waals surface area (Å²) < 4.78 is 0. The molecule has 2 unspecified atom stereocenters. The van der Waals surface area contributed by atoms with Crippen LogP contribution in [-0.4, -0.2) is 40.4 Å². The zero-order chi connectivity index (χ0) is 12.3. The minimum Gasteiger partial charge on any atom is -0.465 e. The van der Waals surface area contributed by atoms with Gasteiger partial charge in [-0.15, -0.1) is 0 Å². The summed E-state index contributed by atoms with van der Waals surface area (Å²) in [6.45, 7) is 0.583. The number of aliphatic hydroxyl groups is 1. The van der Waals surface area contributed by atoms with E-state index < -0.39 is 6.09 Å². The lowest BCUT2D eigenvalue weighted by Crippen LogP contribution is -2.39. The zero-order valence-electron chi connectivity index (χ0n) is 9.62. The van der Waals surface area contributed by atoms with Gasteiger partial charge in [-0.3, -0.25) is 0 Å². The van der Waals surface area contributed by atoms with Gasteiger partial charge < -0.3 is 15.1 Å². The topological polar surface area (TPSA) is 60.8 Å². The molecule has 1 aliphatic rings. The summed E-state index contributed by atoms with van der Waals surface area (Å²) in [4.78, 5) is 12.6. The number of hydrogen-bond acceptors (Lipinski definition) is 2. The normalized spacial score (nSPS) is 23.9. The molecular formula is C13H17NO3. The van der Waals surface area contributed by atoms with E-state index in [1.807, 2.05) is 30.3 Å². The second-order valence-electron chi connectivity index (χ2n) is 4.46. The average molecular weight is 235 g/mol. The van der Waals surface area contributed by atoms with Crippen LogP contribution in [0.25, 0.3) is 0 Å². The molecule has 1 heterocycles. The Bertz CT molecular complexity index is 380. The van der Waals surface area contributed by atoms with Gasteiger partial charge in [-0.05, 0) is 18.4 Å². The van der Waals surface area contributed by atoms with Crippen molar-refractivity contribution in [1.82, 2.24) is 4.90 Å². The number of hydrogen-bond donors (Lipinski definition) is 2. The first-order valence-electron chi connectivity index (χ1n) is 5.86. The lowest BCUT2D eigenvalue weighted by molar-refractivity contribution is 0.124. The van der Waals surface area contributed by atoms with Crippen LogP contribution in [-0.2, 0) is 6.42 Å². The van der Waals surface area contributed by atoms with E-state index in [0.717, 1.165) is 12.0 Å². The number of amides is 1. The molecule has 0 aliphatic carbocycles. The maximum absolute atomic E-state index is 11.1. The van der Waals surface area contributed by atoms with Crippen LogP contribution < -0.4 is 0 Å². The van der Waals surface area contributed by atoms with Gasteiger partial charge in [0.05, 0.1) is 0 Å². The van der Waals surface area contributed by atoms with Crippen molar-refractivity contribution in [1.29, 1.82) is 0 Å². The van der Waals surface area contributed by atoms with E-state index in [9.17, 15) is 9.90 Å². The fourth-order valence-corrected chi connectivity index (χ4v) is 2.50. The van der Waals surface area contributed by atoms with Crippen molar-refractivity contribution in [2.45, 2.75) is 18.9 Å². The first-order valence-corrected chi connectivity index (χ1v) is 5.86. The van der Waals surface area contributed by atoms with Crippen LogP contribution in [0.5, 0.6) is 0 Å². The van der Waals surface area contributed by atoms with Gasteiger partial charge in [0.1, 0.15) is 0 Å². The third-order valence-electron chi connectivity index (χ3n) is 3.45. The third-order valence-corrected chi connectivity index (χ3v) is 3.45. The summed E-state index contributed by atoms with van der Waals surface area (Å²) in [6, 6.07) is 9.73. The highest BCUT2D eigenvalue weighted by Gasteiger charge is 2.36. The van der Waals surface area contributed by atoms with Crippen LogP contribution in [0.1, 0.15) is 12.0 Å². The maximum Gasteiger partial charge on any atom is 0.407 e. The van der Waals surface area contributed by atoms with Gasteiger partial charge in [0, 0.05) is 25.1 Å². The lowest BCUT2D eigenvalue weighted by Gasteiger charge is -2.25. The number of likely N-dealkylation sites (tertiary alicyclic amines) is 1. The molecule has 1 aromatic carbocycles. The van der Waals surface area contributed by atoms with Crippen molar-refractivity contribution < 1.29 is 15.0 Å². The van der Waals surface area contributed by atoms with E-state index in [-0.39, 0.29) is 18.6 Å². The van der Waals surface area contributed by atoms with E-state index in [2.05, 4.69) is 0 Å². The van der Waals surface area contributed by atoms with Gasteiger partial charge in [0.15, 0.2) is 0 Å². The van der Waals surface area contributed by atoms with Crippen LogP contribution in [0.4, 0.5) is 4.79 Å². The molecule has 2 N–H and O–H groups in total. The minimum absolute atomic E-state index is 0.0568. The SMILES string of the molecule is O=C(O)N1CCC(CO)C1Cc1ccccc1. The predicted octanol–water partition coefficient (Wildman–Crippen LogP) is 1.59. The van der Waals surface area contributed by atoms with Crippen molar-refractivity contribution in [3.63, 3.8) is 0 Å². The average Bonchev–Trinajstić information content (AvgIpc) is 2.73. The Morgan fingerprint density at radius 3 is 2.65 bits per heavy atom. The van der Waals surface area contributed by atoms with Crippen LogP contribution in [0.3, 0.4) is 0 Å². The Hall–Kier alpha value is -1.55. The highest BCUT2D eigenvalue weighted by atomic mass is 16.4. The fraction of sp³-hybridized carbons (Fsp3) is 0.462. The van der Waals surface area contributed by atoms with Crippen molar-refractivity contribution in [2.75, 3.05) is 13.2 Å². The first kappa shape index (κ1) is 11.9. The minimum atomic E-state index is -0.887. The summed E-state index contributed by atoms with van der Waals surface area (Å²) in [6.07, 6.45) is 0.542. The molecule has 0 radical (unpaired) electrons. The molecule has 0 saturated carbocycles. The van der Waals surface area contributed by atoms with Gasteiger partial charge in [-0.1, -0.05) is 30.3 Å². The molecule has 0 spiro atoms. The zero-order valence-corrected chi connectivity index (χ0v) is 9.62. The molecule has 1 amide bonds. The second kappa shape index (κ2) is 5.19. The fourth-order valence-electron chi connectivity index (χ4n) is 2.50. The predicted molar refractivity (Wildman–Crippen MR) is 63.9 cm³/mol. The molecule has 2 rings (SSSR count). The Kier molecular flexibility index (Phi) is 3.64. The second-order valence-corrected chi connectivity index (χ2v) is 4.46. The number of carboxylic acid groups (broad SMARTS) is 1. The molecule has 1 aliphatic heterocycles. The summed E-state index contributed by atoms with van der Waals surface area (Å²) >= 11 is 0. The Morgan fingerprint density at radius 2 is 2.06 bits per heavy atom. The van der Waals surface area contributed by atoms with Crippen LogP contribution >= 0.6 is 0 Å². The van der Waals surface area contributed by atoms with E-state index in [4.69, 9.17) is 5.11 Å². The molecule has 1 saturated heterocycles. The number of rotatable bonds is 3. The van der Waals surface area contributed by atoms with Crippen molar-refractivity contribution >= 4 is 6.09 Å². The van der Waals surface area contributed by atoms with Gasteiger partial charge in [0.2, 0.25) is 0 Å². The summed E-state index contributed by atoms with van der Waals surface area (Å²) in [7, 11) is 0. The summed E-state index contributed by atoms with van der Waals surface area (Å²) in [5, 5.41) is 18.4. The van der Waals surface area contributed by atoms with Crippen LogP contribution in [0.15, 0.2) is 30.3 Å². The smallest absolute Gasteiger partial charge is 0.407 e. The molecule has 4 nitrogen and oxygen atoms in total. The van der Waals surface area contributed by atoms with E-state index in [1.54, 1.807) is 0 Å². The molecular weight excluding hydrogens is 218 g/mol. The van der Waals surface area contributed by atoms with Gasteiger partial charge in [0.25, 0.3) is 0 Å². The highest BCUT2D eigenvalue weighted by molar-refractivity contribution is 5.66. The molecule has 17 heavy (non-hydrogen) atoms. The van der Waals surface area contributed by atoms with Gasteiger partial charge in [-0.25, -0.2) is 4.79 Å². The van der Waals surface area contributed by atoms with Gasteiger partial charge in [-0.2, -0.15) is 0 Å². The number of nitrogens with zero attached hydrogens (tertiary/aromatic N) is 1. The standard InChI is InChI=1S/C13H17NO3/c15-9-11-6-7-14(13(16)17)12(11)8-10-4-2-1-3-5-10/h1-5,11-12,15H,6-9H2,(H,16,17). The summed E-state index contributed by atoms with van der Waals surface area (Å²) in [5.41, 5.74) is 1.11. The van der Waals surface area contributed by atoms with E-state index in [0.29, 0.717) is 13.0 Å². The Labute approximate surface area is 100 Å². The first-order chi connectivity index (χ1) is 8.22. The largest absolute Gasteiger partial charge is 0.465 e. The van der Waals surface area contributed by atoms with E-state index in [1.165, 1.54) is 4.90 Å². The number of carbonyl (C=O) groups is 1. The van der Waals surface area contributed by atoms with E-state index >= 15 is 0 Å². The molecule has 0 bridgehead atoms. The van der Waals surface area contributed by atoms with Crippen LogP contribution in [0.2, 0.25) is 0 Å². The Morgan fingerprint density at radius 1 is 1.35 bits per heavy atom. The van der Waals surface area contributed by atoms with Crippen molar-refractivity contribution in [3.05, 3.63) is 35.9 Å². The van der Waals surface area contributed by atoms with Crippen molar-refractivity contribution in [2.24, 2.45) is 5.92 Å². The van der Waals surface area contributed by atoms with Gasteiger partial charge >= 0.3 is 6.09 Å². The molecule has 1 aromatic rings. The summed E-state index contributed by atoms with van der Waals surface area (Å²) in [5.74, 6) is 0.0614. The Balaban J connectivity index is 2.12. The molecule has 2 atom stereocenters. The lowest BCUT2D eigenvalue weighted by atomic mass is 9.95. The molecule has 0 aromatic heterocycles. The van der Waals surface area contributed by atoms with Crippen LogP contribution in [0, 0.1) is 5.92 Å². The molecule has 4 heteroatoms. The molecule has 92 valence electrons. The highest BCUT2D eigenvalue weighted by Crippen LogP contribution is 2.26.